The molecule has 0 aliphatic rings. The Morgan fingerprint density at radius 3 is 2.36 bits per heavy atom. The number of rotatable bonds is 2. The topological polar surface area (TPSA) is 26.0 Å². The lowest BCUT2D eigenvalue weighted by atomic mass is 10.2. The van der Waals surface area contributed by atoms with E-state index in [1.807, 2.05) is 42.5 Å². The average Bonchev–Trinajstić information content (AvgIpc) is 2.07. The maximum absolute atomic E-state index is 5.16. The predicted molar refractivity (Wildman–Crippen MR) is 48.8 cm³/mol. The van der Waals surface area contributed by atoms with Gasteiger partial charge in [-0.1, -0.05) is 42.5 Å². The summed E-state index contributed by atoms with van der Waals surface area (Å²) in [5.41, 5.74) is 6.35. The van der Waals surface area contributed by atoms with Crippen LogP contribution in [0.5, 0.6) is 0 Å². The molecule has 56 valence electrons. The fourth-order valence-electron chi connectivity index (χ4n) is 0.795. The first-order valence-electron chi connectivity index (χ1n) is 3.53. The monoisotopic (exact) mass is 145 g/mol. The van der Waals surface area contributed by atoms with Crippen molar-refractivity contribution < 1.29 is 0 Å². The Kier molecular flexibility index (Phi) is 3.00. The van der Waals surface area contributed by atoms with E-state index in [2.05, 4.69) is 0 Å². The Morgan fingerprint density at radius 2 is 1.73 bits per heavy atom. The lowest BCUT2D eigenvalue weighted by Crippen LogP contribution is -1.72. The fourth-order valence-corrected chi connectivity index (χ4v) is 0.795. The van der Waals surface area contributed by atoms with Crippen LogP contribution in [-0.2, 0) is 0 Å². The Balaban J connectivity index is 2.64. The molecule has 0 amide bonds. The Bertz CT molecular complexity index is 247. The molecule has 0 aromatic heterocycles. The molecule has 0 saturated heterocycles. The van der Waals surface area contributed by atoms with Gasteiger partial charge in [-0.05, 0) is 17.8 Å². The molecule has 0 fully saturated rings. The third-order valence-electron chi connectivity index (χ3n) is 1.31. The van der Waals surface area contributed by atoms with Crippen LogP contribution in [0.25, 0.3) is 6.08 Å². The number of hydrogen-bond acceptors (Lipinski definition) is 1. The van der Waals surface area contributed by atoms with Crippen LogP contribution in [0.3, 0.4) is 0 Å². The van der Waals surface area contributed by atoms with Crippen molar-refractivity contribution in [2.45, 2.75) is 0 Å². The summed E-state index contributed by atoms with van der Waals surface area (Å²) >= 11 is 0. The SMILES string of the molecule is NC=CC=Cc1ccccc1. The van der Waals surface area contributed by atoms with Crippen molar-refractivity contribution in [3.63, 3.8) is 0 Å². The summed E-state index contributed by atoms with van der Waals surface area (Å²) in [7, 11) is 0. The van der Waals surface area contributed by atoms with E-state index in [-0.39, 0.29) is 0 Å². The summed E-state index contributed by atoms with van der Waals surface area (Å²) in [6, 6.07) is 10.1. The van der Waals surface area contributed by atoms with E-state index in [4.69, 9.17) is 5.73 Å². The quantitative estimate of drug-likeness (QED) is 0.634. The predicted octanol–water partition coefficient (Wildman–Crippen LogP) is 2.17. The number of allylic oxidation sites excluding steroid dienone is 2. The van der Waals surface area contributed by atoms with Crippen LogP contribution in [0.15, 0.2) is 48.7 Å². The van der Waals surface area contributed by atoms with Crippen molar-refractivity contribution >= 4 is 6.08 Å². The molecule has 0 radical (unpaired) electrons. The average molecular weight is 145 g/mol. The van der Waals surface area contributed by atoms with Crippen molar-refractivity contribution in [3.8, 4) is 0 Å². The van der Waals surface area contributed by atoms with Gasteiger partial charge in [0.2, 0.25) is 0 Å². The highest BCUT2D eigenvalue weighted by Crippen LogP contribution is 2.00. The molecule has 2 N–H and O–H groups in total. The minimum absolute atomic E-state index is 1.19. The van der Waals surface area contributed by atoms with E-state index in [9.17, 15) is 0 Å². The first-order chi connectivity index (χ1) is 5.43. The van der Waals surface area contributed by atoms with E-state index < -0.39 is 0 Å². The molecule has 1 aromatic rings. The Hall–Kier alpha value is -1.50. The van der Waals surface area contributed by atoms with E-state index in [0.29, 0.717) is 0 Å². The van der Waals surface area contributed by atoms with Crippen LogP contribution in [0.1, 0.15) is 5.56 Å². The van der Waals surface area contributed by atoms with Gasteiger partial charge in [0, 0.05) is 0 Å². The highest BCUT2D eigenvalue weighted by molar-refractivity contribution is 5.50. The summed E-state index contributed by atoms with van der Waals surface area (Å²) in [5, 5.41) is 0. The van der Waals surface area contributed by atoms with Gasteiger partial charge in [-0.2, -0.15) is 0 Å². The van der Waals surface area contributed by atoms with Gasteiger partial charge in [0.15, 0.2) is 0 Å². The summed E-state index contributed by atoms with van der Waals surface area (Å²) in [5.74, 6) is 0. The van der Waals surface area contributed by atoms with E-state index >= 15 is 0 Å². The molecule has 0 spiro atoms. The zero-order valence-electron chi connectivity index (χ0n) is 6.27. The maximum Gasteiger partial charge on any atom is -0.00624 e. The van der Waals surface area contributed by atoms with Crippen molar-refractivity contribution in [1.29, 1.82) is 0 Å². The zero-order valence-corrected chi connectivity index (χ0v) is 6.27. The van der Waals surface area contributed by atoms with Crippen LogP contribution in [0.2, 0.25) is 0 Å². The van der Waals surface area contributed by atoms with E-state index in [1.54, 1.807) is 6.08 Å². The molecule has 1 nitrogen and oxygen atoms in total. The van der Waals surface area contributed by atoms with Crippen LogP contribution in [0.4, 0.5) is 0 Å². The third kappa shape index (κ3) is 2.72. The first kappa shape index (κ1) is 7.61. The van der Waals surface area contributed by atoms with Crippen molar-refractivity contribution in [3.05, 3.63) is 54.2 Å². The van der Waals surface area contributed by atoms with Crippen LogP contribution >= 0.6 is 0 Å². The molecule has 11 heavy (non-hydrogen) atoms. The molecule has 0 bridgehead atoms. The van der Waals surface area contributed by atoms with Crippen molar-refractivity contribution in [2.75, 3.05) is 0 Å². The first-order valence-corrected chi connectivity index (χ1v) is 3.53. The molecule has 1 aromatic carbocycles. The molecule has 0 atom stereocenters. The second-order valence-electron chi connectivity index (χ2n) is 2.15. The summed E-state index contributed by atoms with van der Waals surface area (Å²) < 4.78 is 0. The summed E-state index contributed by atoms with van der Waals surface area (Å²) in [6.45, 7) is 0. The molecule has 0 unspecified atom stereocenters. The third-order valence-corrected chi connectivity index (χ3v) is 1.31. The minimum Gasteiger partial charge on any atom is -0.405 e. The zero-order chi connectivity index (χ0) is 7.94. The largest absolute Gasteiger partial charge is 0.405 e. The lowest BCUT2D eigenvalue weighted by molar-refractivity contribution is 1.60. The molecule has 1 heteroatoms. The van der Waals surface area contributed by atoms with Gasteiger partial charge in [0.25, 0.3) is 0 Å². The van der Waals surface area contributed by atoms with Crippen LogP contribution in [-0.4, -0.2) is 0 Å². The fraction of sp³-hybridized carbons (Fsp3) is 0. The standard InChI is InChI=1S/C10H11N/c11-9-5-4-8-10-6-2-1-3-7-10/h1-9H,11H2. The minimum atomic E-state index is 1.19. The normalized spacial score (nSPS) is 11.3. The summed E-state index contributed by atoms with van der Waals surface area (Å²) in [4.78, 5) is 0. The number of nitrogens with two attached hydrogens (primary N) is 1. The lowest BCUT2D eigenvalue weighted by Gasteiger charge is -1.87. The van der Waals surface area contributed by atoms with Crippen LogP contribution in [0, 0.1) is 0 Å². The number of benzene rings is 1. The van der Waals surface area contributed by atoms with E-state index in [0.717, 1.165) is 0 Å². The molecule has 1 rings (SSSR count). The van der Waals surface area contributed by atoms with Gasteiger partial charge in [-0.3, -0.25) is 0 Å². The number of hydrogen-bond donors (Lipinski definition) is 1. The molecule has 0 saturated carbocycles. The highest BCUT2D eigenvalue weighted by atomic mass is 14.5. The van der Waals surface area contributed by atoms with Crippen molar-refractivity contribution in [1.82, 2.24) is 0 Å². The van der Waals surface area contributed by atoms with Gasteiger partial charge < -0.3 is 5.73 Å². The van der Waals surface area contributed by atoms with Gasteiger partial charge in [-0.15, -0.1) is 0 Å². The second-order valence-corrected chi connectivity index (χ2v) is 2.15. The van der Waals surface area contributed by atoms with Gasteiger partial charge in [0.05, 0.1) is 0 Å². The Morgan fingerprint density at radius 1 is 1.00 bits per heavy atom. The van der Waals surface area contributed by atoms with Gasteiger partial charge >= 0.3 is 0 Å². The second kappa shape index (κ2) is 4.34. The van der Waals surface area contributed by atoms with Crippen LogP contribution < -0.4 is 5.73 Å². The van der Waals surface area contributed by atoms with Gasteiger partial charge in [-0.25, -0.2) is 0 Å². The molecule has 0 aliphatic heterocycles. The van der Waals surface area contributed by atoms with Gasteiger partial charge in [0.1, 0.15) is 0 Å². The molecular weight excluding hydrogens is 134 g/mol. The Labute approximate surface area is 66.9 Å². The maximum atomic E-state index is 5.16. The molecular formula is C10H11N. The van der Waals surface area contributed by atoms with Crippen molar-refractivity contribution in [2.24, 2.45) is 5.73 Å². The molecule has 0 aliphatic carbocycles. The summed E-state index contributed by atoms with van der Waals surface area (Å²) in [6.07, 6.45) is 7.23. The molecule has 0 heterocycles. The highest BCUT2D eigenvalue weighted by Gasteiger charge is 1.78. The smallest absolute Gasteiger partial charge is 0.00624 e. The van der Waals surface area contributed by atoms with E-state index in [1.165, 1.54) is 11.8 Å².